The van der Waals surface area contributed by atoms with Crippen LogP contribution in [0.1, 0.15) is 26.2 Å². The van der Waals surface area contributed by atoms with E-state index < -0.39 is 15.9 Å². The second-order valence-electron chi connectivity index (χ2n) is 7.34. The SMILES string of the molecule is COc1ccc(S(=O)(=O)N2CCCCC2)cc1NC(=O)COc1ccccc1NC(C)=O. The van der Waals surface area contributed by atoms with Gasteiger partial charge in [0, 0.05) is 20.0 Å². The van der Waals surface area contributed by atoms with Crippen LogP contribution in [0.5, 0.6) is 11.5 Å². The number of benzene rings is 2. The van der Waals surface area contributed by atoms with Gasteiger partial charge in [0.25, 0.3) is 5.91 Å². The van der Waals surface area contributed by atoms with Gasteiger partial charge in [0.1, 0.15) is 11.5 Å². The maximum Gasteiger partial charge on any atom is 0.262 e. The third-order valence-electron chi connectivity index (χ3n) is 4.95. The molecule has 2 N–H and O–H groups in total. The van der Waals surface area contributed by atoms with E-state index in [0.717, 1.165) is 19.3 Å². The van der Waals surface area contributed by atoms with E-state index in [9.17, 15) is 18.0 Å². The third-order valence-corrected chi connectivity index (χ3v) is 6.85. The fourth-order valence-electron chi connectivity index (χ4n) is 3.41. The van der Waals surface area contributed by atoms with Crippen molar-refractivity contribution >= 4 is 33.2 Å². The molecule has 3 rings (SSSR count). The minimum Gasteiger partial charge on any atom is -0.495 e. The average Bonchev–Trinajstić information content (AvgIpc) is 2.78. The Morgan fingerprint density at radius 3 is 2.38 bits per heavy atom. The highest BCUT2D eigenvalue weighted by Crippen LogP contribution is 2.30. The van der Waals surface area contributed by atoms with Crippen LogP contribution in [0.15, 0.2) is 47.4 Å². The summed E-state index contributed by atoms with van der Waals surface area (Å²) in [5.41, 5.74) is 0.675. The van der Waals surface area contributed by atoms with E-state index in [0.29, 0.717) is 30.3 Å². The first kappa shape index (κ1) is 23.6. The second kappa shape index (κ2) is 10.5. The molecule has 0 radical (unpaired) electrons. The topological polar surface area (TPSA) is 114 Å². The summed E-state index contributed by atoms with van der Waals surface area (Å²) in [5, 5.41) is 5.28. The van der Waals surface area contributed by atoms with Crippen LogP contribution in [0.3, 0.4) is 0 Å². The third kappa shape index (κ3) is 5.77. The van der Waals surface area contributed by atoms with Gasteiger partial charge in [0.2, 0.25) is 15.9 Å². The molecule has 2 aromatic carbocycles. The van der Waals surface area contributed by atoms with Gasteiger partial charge in [-0.1, -0.05) is 18.6 Å². The van der Waals surface area contributed by atoms with Gasteiger partial charge in [-0.15, -0.1) is 0 Å². The monoisotopic (exact) mass is 461 g/mol. The maximum atomic E-state index is 13.0. The number of para-hydroxylation sites is 2. The van der Waals surface area contributed by atoms with Crippen LogP contribution in [0.25, 0.3) is 0 Å². The lowest BCUT2D eigenvalue weighted by atomic mass is 10.2. The highest BCUT2D eigenvalue weighted by Gasteiger charge is 2.27. The molecule has 1 heterocycles. The Kier molecular flexibility index (Phi) is 7.70. The Balaban J connectivity index is 1.73. The molecule has 0 atom stereocenters. The zero-order valence-electron chi connectivity index (χ0n) is 18.1. The van der Waals surface area contributed by atoms with Crippen molar-refractivity contribution in [3.8, 4) is 11.5 Å². The highest BCUT2D eigenvalue weighted by molar-refractivity contribution is 7.89. The van der Waals surface area contributed by atoms with Crippen LogP contribution in [0.2, 0.25) is 0 Å². The molecule has 0 spiro atoms. The van der Waals surface area contributed by atoms with Crippen molar-refractivity contribution in [2.45, 2.75) is 31.1 Å². The van der Waals surface area contributed by atoms with E-state index in [1.54, 1.807) is 24.3 Å². The summed E-state index contributed by atoms with van der Waals surface area (Å²) in [7, 11) is -2.23. The Morgan fingerprint density at radius 2 is 1.69 bits per heavy atom. The van der Waals surface area contributed by atoms with E-state index in [-0.39, 0.29) is 23.1 Å². The number of amides is 2. The minimum absolute atomic E-state index is 0.0902. The van der Waals surface area contributed by atoms with Gasteiger partial charge >= 0.3 is 0 Å². The summed E-state index contributed by atoms with van der Waals surface area (Å²) in [6.45, 7) is 2.00. The molecule has 1 aliphatic rings. The van der Waals surface area contributed by atoms with Crippen LogP contribution in [-0.4, -0.2) is 51.3 Å². The molecule has 0 aliphatic carbocycles. The van der Waals surface area contributed by atoms with Gasteiger partial charge in [-0.05, 0) is 43.2 Å². The number of carbonyl (C=O) groups excluding carboxylic acids is 2. The summed E-state index contributed by atoms with van der Waals surface area (Å²) in [4.78, 5) is 23.9. The van der Waals surface area contributed by atoms with Gasteiger partial charge in [-0.25, -0.2) is 8.42 Å². The molecular formula is C22H27N3O6S. The Hall–Kier alpha value is -3.11. The number of nitrogens with one attached hydrogen (secondary N) is 2. The van der Waals surface area contributed by atoms with Crippen LogP contribution in [0.4, 0.5) is 11.4 Å². The summed E-state index contributed by atoms with van der Waals surface area (Å²) >= 11 is 0. The van der Waals surface area contributed by atoms with E-state index in [1.165, 1.54) is 36.5 Å². The number of hydrogen-bond acceptors (Lipinski definition) is 6. The van der Waals surface area contributed by atoms with Crippen molar-refractivity contribution in [3.05, 3.63) is 42.5 Å². The first-order chi connectivity index (χ1) is 15.3. The Labute approximate surface area is 187 Å². The summed E-state index contributed by atoms with van der Waals surface area (Å²) in [6.07, 6.45) is 2.67. The Bertz CT molecular complexity index is 1080. The minimum atomic E-state index is -3.66. The van der Waals surface area contributed by atoms with Crippen molar-refractivity contribution in [1.82, 2.24) is 4.31 Å². The van der Waals surface area contributed by atoms with Crippen molar-refractivity contribution in [1.29, 1.82) is 0 Å². The molecule has 2 aromatic rings. The van der Waals surface area contributed by atoms with Crippen molar-refractivity contribution in [3.63, 3.8) is 0 Å². The summed E-state index contributed by atoms with van der Waals surface area (Å²) in [5.74, 6) is -0.101. The molecule has 32 heavy (non-hydrogen) atoms. The van der Waals surface area contributed by atoms with Gasteiger partial charge in [-0.2, -0.15) is 4.31 Å². The number of rotatable bonds is 8. The largest absolute Gasteiger partial charge is 0.495 e. The molecule has 9 nitrogen and oxygen atoms in total. The lowest BCUT2D eigenvalue weighted by Crippen LogP contribution is -2.35. The maximum absolute atomic E-state index is 13.0. The van der Waals surface area contributed by atoms with Crippen LogP contribution >= 0.6 is 0 Å². The lowest BCUT2D eigenvalue weighted by Gasteiger charge is -2.26. The zero-order valence-corrected chi connectivity index (χ0v) is 18.9. The van der Waals surface area contributed by atoms with Crippen LogP contribution < -0.4 is 20.1 Å². The number of methoxy groups -OCH3 is 1. The van der Waals surface area contributed by atoms with Crippen molar-refractivity contribution in [2.75, 3.05) is 37.4 Å². The predicted molar refractivity (Wildman–Crippen MR) is 120 cm³/mol. The number of hydrogen-bond donors (Lipinski definition) is 2. The van der Waals surface area contributed by atoms with Gasteiger partial charge < -0.3 is 20.1 Å². The molecule has 1 saturated heterocycles. The summed E-state index contributed by atoms with van der Waals surface area (Å²) < 4.78 is 38.2. The number of anilines is 2. The molecular weight excluding hydrogens is 434 g/mol. The second-order valence-corrected chi connectivity index (χ2v) is 9.28. The molecule has 0 unspecified atom stereocenters. The molecule has 1 aliphatic heterocycles. The fourth-order valence-corrected chi connectivity index (χ4v) is 4.96. The first-order valence-corrected chi connectivity index (χ1v) is 11.7. The van der Waals surface area contributed by atoms with Crippen molar-refractivity contribution < 1.29 is 27.5 Å². The molecule has 0 aromatic heterocycles. The molecule has 2 amide bonds. The van der Waals surface area contributed by atoms with E-state index in [2.05, 4.69) is 10.6 Å². The van der Waals surface area contributed by atoms with E-state index in [4.69, 9.17) is 9.47 Å². The van der Waals surface area contributed by atoms with E-state index in [1.807, 2.05) is 0 Å². The zero-order chi connectivity index (χ0) is 23.1. The van der Waals surface area contributed by atoms with Gasteiger partial charge in [-0.3, -0.25) is 9.59 Å². The first-order valence-electron chi connectivity index (χ1n) is 10.3. The normalized spacial score (nSPS) is 14.4. The number of piperidine rings is 1. The Morgan fingerprint density at radius 1 is 0.969 bits per heavy atom. The van der Waals surface area contributed by atoms with Crippen LogP contribution in [0, 0.1) is 0 Å². The highest BCUT2D eigenvalue weighted by atomic mass is 32.2. The van der Waals surface area contributed by atoms with Gasteiger partial charge in [0.15, 0.2) is 6.61 Å². The number of carbonyl (C=O) groups is 2. The van der Waals surface area contributed by atoms with Crippen molar-refractivity contribution in [2.24, 2.45) is 0 Å². The summed E-state index contributed by atoms with van der Waals surface area (Å²) in [6, 6.07) is 11.1. The van der Waals surface area contributed by atoms with E-state index >= 15 is 0 Å². The quantitative estimate of drug-likeness (QED) is 0.625. The molecule has 0 saturated carbocycles. The molecule has 0 bridgehead atoms. The molecule has 10 heteroatoms. The number of ether oxygens (including phenoxy) is 2. The fraction of sp³-hybridized carbons (Fsp3) is 0.364. The van der Waals surface area contributed by atoms with Gasteiger partial charge in [0.05, 0.1) is 23.4 Å². The molecule has 172 valence electrons. The smallest absolute Gasteiger partial charge is 0.262 e. The number of sulfonamides is 1. The number of nitrogens with zero attached hydrogens (tertiary/aromatic N) is 1. The standard InChI is InChI=1S/C22H27N3O6S/c1-16(26)23-18-8-4-5-9-21(18)31-15-22(27)24-19-14-17(10-11-20(19)30-2)32(28,29)25-12-6-3-7-13-25/h4-5,8-11,14H,3,6-7,12-13,15H2,1-2H3,(H,23,26)(H,24,27). The average molecular weight is 462 g/mol. The van der Waals surface area contributed by atoms with Crippen LogP contribution in [-0.2, 0) is 19.6 Å². The predicted octanol–water partition coefficient (Wildman–Crippen LogP) is 2.85. The molecule has 1 fully saturated rings. The lowest BCUT2D eigenvalue weighted by molar-refractivity contribution is -0.118.